The lowest BCUT2D eigenvalue weighted by Gasteiger charge is -2.18. The number of aryl methyl sites for hydroxylation is 2. The van der Waals surface area contributed by atoms with E-state index in [0.29, 0.717) is 5.92 Å². The summed E-state index contributed by atoms with van der Waals surface area (Å²) in [7, 11) is 1.72. The predicted octanol–water partition coefficient (Wildman–Crippen LogP) is 4.74. The molecule has 3 heteroatoms. The molecule has 0 saturated heterocycles. The van der Waals surface area contributed by atoms with Crippen LogP contribution in [0.4, 0.5) is 0 Å². The van der Waals surface area contributed by atoms with Gasteiger partial charge in [0.05, 0.1) is 7.11 Å². The number of nitrogens with zero attached hydrogens (tertiary/aromatic N) is 1. The van der Waals surface area contributed by atoms with Crippen molar-refractivity contribution in [1.82, 2.24) is 4.98 Å². The first-order valence-corrected chi connectivity index (χ1v) is 8.30. The van der Waals surface area contributed by atoms with Crippen molar-refractivity contribution in [3.05, 3.63) is 58.4 Å². The number of ether oxygens (including phenoxy) is 1. The van der Waals surface area contributed by atoms with Crippen molar-refractivity contribution in [3.63, 3.8) is 0 Å². The molecule has 0 N–H and O–H groups in total. The Morgan fingerprint density at radius 3 is 2.62 bits per heavy atom. The molecule has 0 fully saturated rings. The number of alkyl halides is 1. The van der Waals surface area contributed by atoms with E-state index in [2.05, 4.69) is 59.0 Å². The molecule has 0 radical (unpaired) electrons. The molecule has 112 valence electrons. The largest absolute Gasteiger partial charge is 0.496 e. The molecular formula is C18H22BrNO. The lowest BCUT2D eigenvalue weighted by atomic mass is 9.93. The van der Waals surface area contributed by atoms with Crippen molar-refractivity contribution in [2.75, 3.05) is 12.4 Å². The summed E-state index contributed by atoms with van der Waals surface area (Å²) >= 11 is 3.65. The molecule has 1 atom stereocenters. The van der Waals surface area contributed by atoms with Crippen LogP contribution < -0.4 is 4.74 Å². The van der Waals surface area contributed by atoms with Gasteiger partial charge in [-0.2, -0.15) is 0 Å². The molecular weight excluding hydrogens is 326 g/mol. The molecule has 1 unspecified atom stereocenters. The Kier molecular flexibility index (Phi) is 5.40. The number of hydrogen-bond donors (Lipinski definition) is 0. The highest BCUT2D eigenvalue weighted by Gasteiger charge is 2.16. The van der Waals surface area contributed by atoms with Gasteiger partial charge in [-0.15, -0.1) is 0 Å². The van der Waals surface area contributed by atoms with Crippen LogP contribution in [-0.4, -0.2) is 17.4 Å². The maximum atomic E-state index is 5.50. The molecule has 2 rings (SSSR count). The maximum absolute atomic E-state index is 5.50. The molecule has 0 aliphatic rings. The lowest BCUT2D eigenvalue weighted by Crippen LogP contribution is -2.09. The second-order valence-corrected chi connectivity index (χ2v) is 6.16. The Morgan fingerprint density at radius 2 is 2.00 bits per heavy atom. The zero-order valence-electron chi connectivity index (χ0n) is 13.1. The van der Waals surface area contributed by atoms with Crippen molar-refractivity contribution in [1.29, 1.82) is 0 Å². The van der Waals surface area contributed by atoms with Crippen molar-refractivity contribution < 1.29 is 4.74 Å². The van der Waals surface area contributed by atoms with Gasteiger partial charge in [0.1, 0.15) is 5.75 Å². The van der Waals surface area contributed by atoms with E-state index in [1.54, 1.807) is 7.11 Å². The Bertz CT molecular complexity index is 625. The molecule has 0 saturated carbocycles. The number of aromatic nitrogens is 1. The van der Waals surface area contributed by atoms with Crippen LogP contribution in [0.2, 0.25) is 0 Å². The summed E-state index contributed by atoms with van der Waals surface area (Å²) in [6, 6.07) is 8.70. The van der Waals surface area contributed by atoms with E-state index in [1.165, 1.54) is 11.1 Å². The number of methoxy groups -OCH3 is 1. The highest BCUT2D eigenvalue weighted by molar-refractivity contribution is 9.09. The monoisotopic (exact) mass is 347 g/mol. The molecule has 0 amide bonds. The second kappa shape index (κ2) is 7.08. The minimum atomic E-state index is 0.420. The zero-order valence-corrected chi connectivity index (χ0v) is 14.7. The molecule has 1 aromatic carbocycles. The minimum Gasteiger partial charge on any atom is -0.496 e. The van der Waals surface area contributed by atoms with Gasteiger partial charge in [0, 0.05) is 28.3 Å². The van der Waals surface area contributed by atoms with Crippen LogP contribution in [0.1, 0.15) is 33.9 Å². The van der Waals surface area contributed by atoms with Crippen molar-refractivity contribution in [2.24, 2.45) is 0 Å². The minimum absolute atomic E-state index is 0.420. The van der Waals surface area contributed by atoms with E-state index < -0.39 is 0 Å². The molecule has 1 aromatic heterocycles. The zero-order chi connectivity index (χ0) is 15.4. The van der Waals surface area contributed by atoms with E-state index in [1.807, 2.05) is 13.1 Å². The van der Waals surface area contributed by atoms with Crippen molar-refractivity contribution in [3.8, 4) is 5.75 Å². The van der Waals surface area contributed by atoms with Gasteiger partial charge in [0.15, 0.2) is 0 Å². The average Bonchev–Trinajstić information content (AvgIpc) is 2.47. The van der Waals surface area contributed by atoms with Gasteiger partial charge in [-0.3, -0.25) is 4.98 Å². The smallest absolute Gasteiger partial charge is 0.128 e. The molecule has 0 spiro atoms. The van der Waals surface area contributed by atoms with Crippen molar-refractivity contribution in [2.45, 2.75) is 33.1 Å². The van der Waals surface area contributed by atoms with Crippen LogP contribution in [0, 0.1) is 20.8 Å². The number of rotatable bonds is 5. The molecule has 0 aliphatic heterocycles. The molecule has 2 nitrogen and oxygen atoms in total. The highest BCUT2D eigenvalue weighted by Crippen LogP contribution is 2.29. The van der Waals surface area contributed by atoms with E-state index >= 15 is 0 Å². The summed E-state index contributed by atoms with van der Waals surface area (Å²) in [5.74, 6) is 1.38. The Balaban J connectivity index is 2.31. The van der Waals surface area contributed by atoms with E-state index in [-0.39, 0.29) is 0 Å². The second-order valence-electron chi connectivity index (χ2n) is 5.52. The molecule has 1 heterocycles. The van der Waals surface area contributed by atoms with Crippen LogP contribution in [0.5, 0.6) is 5.75 Å². The topological polar surface area (TPSA) is 22.1 Å². The summed E-state index contributed by atoms with van der Waals surface area (Å²) in [6.07, 6.45) is 2.82. The van der Waals surface area contributed by atoms with Gasteiger partial charge in [0.25, 0.3) is 0 Å². The van der Waals surface area contributed by atoms with Crippen LogP contribution in [0.25, 0.3) is 0 Å². The predicted molar refractivity (Wildman–Crippen MR) is 91.7 cm³/mol. The molecule has 2 aromatic rings. The number of benzene rings is 1. The SMILES string of the molecule is COc1c(C)cnc(CC(CBr)c2cccc(C)c2)c1C. The normalized spacial score (nSPS) is 12.2. The van der Waals surface area contributed by atoms with Gasteiger partial charge in [-0.1, -0.05) is 45.8 Å². The summed E-state index contributed by atoms with van der Waals surface area (Å²) in [6.45, 7) is 6.26. The first-order valence-electron chi connectivity index (χ1n) is 7.18. The number of halogens is 1. The molecule has 0 bridgehead atoms. The molecule has 0 aliphatic carbocycles. The first kappa shape index (κ1) is 16.0. The number of hydrogen-bond acceptors (Lipinski definition) is 2. The summed E-state index contributed by atoms with van der Waals surface area (Å²) in [4.78, 5) is 4.62. The van der Waals surface area contributed by atoms with E-state index in [0.717, 1.165) is 34.3 Å². The third-order valence-electron chi connectivity index (χ3n) is 3.89. The summed E-state index contributed by atoms with van der Waals surface area (Å²) in [5, 5.41) is 0.924. The fraction of sp³-hybridized carbons (Fsp3) is 0.389. The first-order chi connectivity index (χ1) is 10.1. The van der Waals surface area contributed by atoms with E-state index in [4.69, 9.17) is 4.74 Å². The third-order valence-corrected chi connectivity index (χ3v) is 4.67. The Morgan fingerprint density at radius 1 is 1.24 bits per heavy atom. The fourth-order valence-corrected chi connectivity index (χ4v) is 3.30. The third kappa shape index (κ3) is 3.65. The Hall–Kier alpha value is -1.35. The highest BCUT2D eigenvalue weighted by atomic mass is 79.9. The van der Waals surface area contributed by atoms with E-state index in [9.17, 15) is 0 Å². The van der Waals surface area contributed by atoms with Crippen LogP contribution in [0.15, 0.2) is 30.5 Å². The van der Waals surface area contributed by atoms with Crippen LogP contribution >= 0.6 is 15.9 Å². The van der Waals surface area contributed by atoms with Gasteiger partial charge in [-0.25, -0.2) is 0 Å². The van der Waals surface area contributed by atoms with Crippen LogP contribution in [-0.2, 0) is 6.42 Å². The standard InChI is InChI=1S/C18H22BrNO/c1-12-6-5-7-15(8-12)16(10-19)9-17-14(3)18(21-4)13(2)11-20-17/h5-8,11,16H,9-10H2,1-4H3. The maximum Gasteiger partial charge on any atom is 0.128 e. The summed E-state index contributed by atoms with van der Waals surface area (Å²) in [5.41, 5.74) is 6.00. The van der Waals surface area contributed by atoms with Gasteiger partial charge in [-0.05, 0) is 38.7 Å². The average molecular weight is 348 g/mol. The van der Waals surface area contributed by atoms with Crippen molar-refractivity contribution >= 4 is 15.9 Å². The summed E-state index contributed by atoms with van der Waals surface area (Å²) < 4.78 is 5.50. The quantitative estimate of drug-likeness (QED) is 0.729. The fourth-order valence-electron chi connectivity index (χ4n) is 2.70. The van der Waals surface area contributed by atoms with Gasteiger partial charge in [0.2, 0.25) is 0 Å². The van der Waals surface area contributed by atoms with Gasteiger partial charge < -0.3 is 4.74 Å². The van der Waals surface area contributed by atoms with Crippen LogP contribution in [0.3, 0.4) is 0 Å². The lowest BCUT2D eigenvalue weighted by molar-refractivity contribution is 0.406. The molecule has 21 heavy (non-hydrogen) atoms. The van der Waals surface area contributed by atoms with Gasteiger partial charge >= 0.3 is 0 Å². The Labute approximate surface area is 135 Å². The number of pyridine rings is 1.